The lowest BCUT2D eigenvalue weighted by Gasteiger charge is -2.37. The van der Waals surface area contributed by atoms with E-state index in [2.05, 4.69) is 22.1 Å². The maximum absolute atomic E-state index is 13.4. The van der Waals surface area contributed by atoms with Crippen LogP contribution in [0.5, 0.6) is 5.88 Å². The quantitative estimate of drug-likeness (QED) is 0.613. The van der Waals surface area contributed by atoms with Gasteiger partial charge in [0.05, 0.1) is 19.2 Å². The van der Waals surface area contributed by atoms with Crippen LogP contribution < -0.4 is 10.1 Å². The van der Waals surface area contributed by atoms with Crippen LogP contribution in [0, 0.1) is 17.8 Å². The monoisotopic (exact) mass is 472 g/mol. The van der Waals surface area contributed by atoms with E-state index in [0.29, 0.717) is 24.2 Å². The van der Waals surface area contributed by atoms with E-state index in [1.807, 2.05) is 6.92 Å². The lowest BCUT2D eigenvalue weighted by atomic mass is 10.00. The van der Waals surface area contributed by atoms with E-state index in [0.717, 1.165) is 25.7 Å². The van der Waals surface area contributed by atoms with Crippen LogP contribution in [0.25, 0.3) is 0 Å². The first-order chi connectivity index (χ1) is 16.3. The van der Waals surface area contributed by atoms with Gasteiger partial charge in [0.2, 0.25) is 5.88 Å². The molecule has 186 valence electrons. The smallest absolute Gasteiger partial charge is 0.317 e. The van der Waals surface area contributed by atoms with Crippen LogP contribution in [0.2, 0.25) is 0 Å². The summed E-state index contributed by atoms with van der Waals surface area (Å²) in [4.78, 5) is 33.8. The summed E-state index contributed by atoms with van der Waals surface area (Å²) in [5, 5.41) is 12.9. The predicted molar refractivity (Wildman–Crippen MR) is 128 cm³/mol. The maximum Gasteiger partial charge on any atom is 0.317 e. The number of fused-ring (bicyclic) bond motifs is 1. The summed E-state index contributed by atoms with van der Waals surface area (Å²) < 4.78 is 11.2. The van der Waals surface area contributed by atoms with Gasteiger partial charge < -0.3 is 29.7 Å². The van der Waals surface area contributed by atoms with Crippen molar-refractivity contribution in [2.24, 2.45) is 5.92 Å². The molecular weight excluding hydrogens is 436 g/mol. The molecule has 0 unspecified atom stereocenters. The zero-order valence-corrected chi connectivity index (χ0v) is 20.5. The number of rotatable bonds is 6. The number of carbonyl (C=O) groups excluding carboxylic acids is 2. The molecule has 2 N–H and O–H groups in total. The van der Waals surface area contributed by atoms with Crippen LogP contribution in [0.4, 0.5) is 4.79 Å². The van der Waals surface area contributed by atoms with Crippen LogP contribution in [0.15, 0.2) is 12.3 Å². The SMILES string of the molecule is COCC#Cc1cnc2c(c1)C(=O)N([C@@H](C)CO)C[C@H](C)[C@@H](CN(C)C(=O)NC1CCCC1)O2. The molecule has 3 atom stereocenters. The summed E-state index contributed by atoms with van der Waals surface area (Å²) in [5.41, 5.74) is 0.863. The molecule has 0 aromatic carbocycles. The van der Waals surface area contributed by atoms with E-state index in [1.54, 1.807) is 43.1 Å². The van der Waals surface area contributed by atoms with Gasteiger partial charge in [0.15, 0.2) is 0 Å². The highest BCUT2D eigenvalue weighted by molar-refractivity contribution is 5.97. The number of hydrogen-bond acceptors (Lipinski definition) is 6. The minimum Gasteiger partial charge on any atom is -0.472 e. The van der Waals surface area contributed by atoms with Gasteiger partial charge in [-0.2, -0.15) is 0 Å². The number of likely N-dealkylation sites (N-methyl/N-ethyl adjacent to an activating group) is 1. The number of carbonyl (C=O) groups is 2. The first kappa shape index (κ1) is 25.8. The number of nitrogens with one attached hydrogen (secondary N) is 1. The predicted octanol–water partition coefficient (Wildman–Crippen LogP) is 1.88. The lowest BCUT2D eigenvalue weighted by molar-refractivity contribution is 0.0351. The van der Waals surface area contributed by atoms with Crippen molar-refractivity contribution in [3.05, 3.63) is 23.4 Å². The fourth-order valence-corrected chi connectivity index (χ4v) is 4.31. The third-order valence-corrected chi connectivity index (χ3v) is 6.45. The van der Waals surface area contributed by atoms with E-state index >= 15 is 0 Å². The number of urea groups is 1. The molecule has 0 spiro atoms. The number of aromatic nitrogens is 1. The fourth-order valence-electron chi connectivity index (χ4n) is 4.31. The molecule has 1 aromatic heterocycles. The van der Waals surface area contributed by atoms with Crippen molar-refractivity contribution >= 4 is 11.9 Å². The summed E-state index contributed by atoms with van der Waals surface area (Å²) in [7, 11) is 3.31. The highest BCUT2D eigenvalue weighted by Crippen LogP contribution is 2.27. The Morgan fingerprint density at radius 1 is 1.44 bits per heavy atom. The number of aliphatic hydroxyl groups excluding tert-OH is 1. The molecule has 34 heavy (non-hydrogen) atoms. The second-order valence-electron chi connectivity index (χ2n) is 9.25. The molecule has 2 aliphatic rings. The Hall–Kier alpha value is -2.83. The number of nitrogens with zero attached hydrogens (tertiary/aromatic N) is 3. The van der Waals surface area contributed by atoms with Gasteiger partial charge >= 0.3 is 6.03 Å². The summed E-state index contributed by atoms with van der Waals surface area (Å²) in [6.07, 6.45) is 5.49. The Bertz CT molecular complexity index is 922. The molecule has 2 heterocycles. The molecule has 3 rings (SSSR count). The zero-order chi connectivity index (χ0) is 24.7. The highest BCUT2D eigenvalue weighted by atomic mass is 16.5. The molecule has 1 aliphatic heterocycles. The molecule has 1 saturated carbocycles. The van der Waals surface area contributed by atoms with Gasteiger partial charge in [-0.3, -0.25) is 4.79 Å². The first-order valence-corrected chi connectivity index (χ1v) is 11.9. The fraction of sp³-hybridized carbons (Fsp3) is 0.640. The average Bonchev–Trinajstić information content (AvgIpc) is 3.34. The Balaban J connectivity index is 1.85. The normalized spacial score (nSPS) is 21.4. The molecule has 9 nitrogen and oxygen atoms in total. The van der Waals surface area contributed by atoms with E-state index < -0.39 is 6.10 Å². The summed E-state index contributed by atoms with van der Waals surface area (Å²) >= 11 is 0. The van der Waals surface area contributed by atoms with Gasteiger partial charge in [0.25, 0.3) is 5.91 Å². The molecule has 1 fully saturated rings. The van der Waals surface area contributed by atoms with Gasteiger partial charge in [0, 0.05) is 44.4 Å². The second-order valence-corrected chi connectivity index (χ2v) is 9.25. The molecule has 1 aromatic rings. The van der Waals surface area contributed by atoms with Crippen LogP contribution in [-0.2, 0) is 4.74 Å². The molecule has 0 saturated heterocycles. The van der Waals surface area contributed by atoms with Crippen LogP contribution in [-0.4, -0.2) is 90.5 Å². The standard InChI is InChI=1S/C25H36N4O5/c1-17-14-29(18(2)16-30)24(31)21-12-19(8-7-11-33-4)13-26-23(21)34-22(17)15-28(3)25(32)27-20-9-5-6-10-20/h12-13,17-18,20,22,30H,5-6,9-11,14-16H2,1-4H3,(H,27,32)/t17-,18-,22+/m0/s1. The van der Waals surface area contributed by atoms with Crippen molar-refractivity contribution in [1.82, 2.24) is 20.1 Å². The Labute approximate surface area is 201 Å². The number of ether oxygens (including phenoxy) is 2. The number of pyridine rings is 1. The topological polar surface area (TPSA) is 104 Å². The van der Waals surface area contributed by atoms with Crippen LogP contribution in [0.1, 0.15) is 55.5 Å². The third-order valence-electron chi connectivity index (χ3n) is 6.45. The van der Waals surface area contributed by atoms with Crippen molar-refractivity contribution < 1.29 is 24.2 Å². The summed E-state index contributed by atoms with van der Waals surface area (Å²) in [5.74, 6) is 5.64. The molecule has 3 amide bonds. The molecule has 1 aliphatic carbocycles. The van der Waals surface area contributed by atoms with Gasteiger partial charge in [-0.25, -0.2) is 9.78 Å². The van der Waals surface area contributed by atoms with Crippen molar-refractivity contribution in [3.8, 4) is 17.7 Å². The van der Waals surface area contributed by atoms with E-state index in [4.69, 9.17) is 9.47 Å². The Morgan fingerprint density at radius 3 is 2.85 bits per heavy atom. The van der Waals surface area contributed by atoms with Gasteiger partial charge in [-0.05, 0) is 25.8 Å². The Kier molecular flexibility index (Phi) is 9.13. The summed E-state index contributed by atoms with van der Waals surface area (Å²) in [6, 6.07) is 1.38. The highest BCUT2D eigenvalue weighted by Gasteiger charge is 2.35. The number of aliphatic hydroxyl groups is 1. The minimum absolute atomic E-state index is 0.101. The average molecular weight is 473 g/mol. The minimum atomic E-state index is -0.391. The second kappa shape index (κ2) is 12.0. The largest absolute Gasteiger partial charge is 0.472 e. The van der Waals surface area contributed by atoms with Gasteiger partial charge in [-0.1, -0.05) is 31.6 Å². The summed E-state index contributed by atoms with van der Waals surface area (Å²) in [6.45, 7) is 4.61. The number of methoxy groups -OCH3 is 1. The van der Waals surface area contributed by atoms with Crippen LogP contribution >= 0.6 is 0 Å². The maximum atomic E-state index is 13.4. The van der Waals surface area contributed by atoms with Crippen molar-refractivity contribution in [2.45, 2.75) is 57.7 Å². The molecule has 9 heteroatoms. The molecule has 0 bridgehead atoms. The third kappa shape index (κ3) is 6.39. The number of hydrogen-bond donors (Lipinski definition) is 2. The van der Waals surface area contributed by atoms with Gasteiger partial charge in [0.1, 0.15) is 18.3 Å². The lowest BCUT2D eigenvalue weighted by Crippen LogP contribution is -2.52. The number of amides is 3. The zero-order valence-electron chi connectivity index (χ0n) is 20.5. The Morgan fingerprint density at radius 2 is 2.18 bits per heavy atom. The van der Waals surface area contributed by atoms with Crippen LogP contribution in [0.3, 0.4) is 0 Å². The molecule has 0 radical (unpaired) electrons. The van der Waals surface area contributed by atoms with Gasteiger partial charge in [-0.15, -0.1) is 0 Å². The molecular formula is C25H36N4O5. The van der Waals surface area contributed by atoms with E-state index in [1.165, 1.54) is 0 Å². The van der Waals surface area contributed by atoms with Crippen molar-refractivity contribution in [3.63, 3.8) is 0 Å². The van der Waals surface area contributed by atoms with Crippen molar-refractivity contribution in [1.29, 1.82) is 0 Å². The van der Waals surface area contributed by atoms with Crippen molar-refractivity contribution in [2.75, 3.05) is 40.5 Å². The van der Waals surface area contributed by atoms with E-state index in [-0.39, 0.29) is 49.0 Å². The first-order valence-electron chi connectivity index (χ1n) is 11.9. The van der Waals surface area contributed by atoms with E-state index in [9.17, 15) is 14.7 Å².